The fraction of sp³-hybridized carbons (Fsp3) is 0.786. The Morgan fingerprint density at radius 2 is 1.90 bits per heavy atom. The van der Waals surface area contributed by atoms with Gasteiger partial charge in [0.15, 0.2) is 0 Å². The van der Waals surface area contributed by atoms with Gasteiger partial charge in [-0.2, -0.15) is 9.40 Å². The highest BCUT2D eigenvalue weighted by molar-refractivity contribution is 7.89. The standard InChI is InChI=1S/C14H26N4O2S/c1-5-8-15-13-6-9-18(10-7-13)21(19,20)14-11(2)16-17(4)12(14)3/h13,15H,5-10H2,1-4H3. The van der Waals surface area contributed by atoms with E-state index in [-0.39, 0.29) is 0 Å². The second-order valence-corrected chi connectivity index (χ2v) is 7.63. The van der Waals surface area contributed by atoms with Gasteiger partial charge in [-0.15, -0.1) is 0 Å². The lowest BCUT2D eigenvalue weighted by Gasteiger charge is -2.31. The van der Waals surface area contributed by atoms with Gasteiger partial charge in [-0.25, -0.2) is 8.42 Å². The smallest absolute Gasteiger partial charge is 0.246 e. The zero-order valence-corrected chi connectivity index (χ0v) is 14.2. The third-order valence-corrected chi connectivity index (χ3v) is 6.33. The Kier molecular flexibility index (Phi) is 5.06. The number of hydrogen-bond acceptors (Lipinski definition) is 4. The Bertz CT molecular complexity index is 586. The normalized spacial score (nSPS) is 18.3. The zero-order valence-electron chi connectivity index (χ0n) is 13.4. The lowest BCUT2D eigenvalue weighted by molar-refractivity contribution is 0.290. The molecule has 0 amide bonds. The minimum Gasteiger partial charge on any atom is -0.314 e. The lowest BCUT2D eigenvalue weighted by Crippen LogP contribution is -2.45. The summed E-state index contributed by atoms with van der Waals surface area (Å²) < 4.78 is 28.9. The van der Waals surface area contributed by atoms with Gasteiger partial charge in [0.25, 0.3) is 0 Å². The van der Waals surface area contributed by atoms with E-state index in [0.29, 0.717) is 35.4 Å². The van der Waals surface area contributed by atoms with Crippen LogP contribution in [0.2, 0.25) is 0 Å². The highest BCUT2D eigenvalue weighted by Crippen LogP contribution is 2.25. The second kappa shape index (κ2) is 6.46. The predicted octanol–water partition coefficient (Wildman–Crippen LogP) is 1.19. The minimum absolute atomic E-state index is 0.380. The first-order valence-corrected chi connectivity index (χ1v) is 9.05. The predicted molar refractivity (Wildman–Crippen MR) is 82.8 cm³/mol. The summed E-state index contributed by atoms with van der Waals surface area (Å²) in [6.07, 6.45) is 2.85. The number of nitrogens with one attached hydrogen (secondary N) is 1. The number of aryl methyl sites for hydroxylation is 2. The zero-order chi connectivity index (χ0) is 15.6. The van der Waals surface area contributed by atoms with Crippen LogP contribution < -0.4 is 5.32 Å². The molecule has 0 atom stereocenters. The molecule has 0 aromatic carbocycles. The molecule has 1 aliphatic rings. The molecule has 1 fully saturated rings. The summed E-state index contributed by atoms with van der Waals surface area (Å²) in [5.74, 6) is 0. The van der Waals surface area contributed by atoms with E-state index in [1.165, 1.54) is 0 Å². The Balaban J connectivity index is 2.12. The van der Waals surface area contributed by atoms with E-state index in [4.69, 9.17) is 0 Å². The summed E-state index contributed by atoms with van der Waals surface area (Å²) in [5.41, 5.74) is 1.29. The third kappa shape index (κ3) is 3.30. The van der Waals surface area contributed by atoms with Crippen molar-refractivity contribution in [2.24, 2.45) is 7.05 Å². The summed E-state index contributed by atoms with van der Waals surface area (Å²) in [5, 5.41) is 7.70. The van der Waals surface area contributed by atoms with Crippen molar-refractivity contribution in [3.63, 3.8) is 0 Å². The molecule has 21 heavy (non-hydrogen) atoms. The molecular formula is C14H26N4O2S. The van der Waals surface area contributed by atoms with Crippen molar-refractivity contribution in [3.8, 4) is 0 Å². The average Bonchev–Trinajstić information content (AvgIpc) is 2.70. The fourth-order valence-corrected chi connectivity index (χ4v) is 4.77. The number of nitrogens with zero attached hydrogens (tertiary/aromatic N) is 3. The lowest BCUT2D eigenvalue weighted by atomic mass is 10.1. The van der Waals surface area contributed by atoms with Crippen LogP contribution in [0.5, 0.6) is 0 Å². The van der Waals surface area contributed by atoms with Crippen LogP contribution in [0.15, 0.2) is 4.90 Å². The molecular weight excluding hydrogens is 288 g/mol. The summed E-state index contributed by atoms with van der Waals surface area (Å²) in [6, 6.07) is 0.437. The second-order valence-electron chi connectivity index (χ2n) is 5.76. The van der Waals surface area contributed by atoms with Crippen LogP contribution in [-0.2, 0) is 17.1 Å². The SMILES string of the molecule is CCCNC1CCN(S(=O)(=O)c2c(C)nn(C)c2C)CC1. The van der Waals surface area contributed by atoms with Gasteiger partial charge in [-0.1, -0.05) is 6.92 Å². The summed E-state index contributed by atoms with van der Waals surface area (Å²) >= 11 is 0. The van der Waals surface area contributed by atoms with Gasteiger partial charge in [0.05, 0.1) is 11.4 Å². The summed E-state index contributed by atoms with van der Waals surface area (Å²) in [7, 11) is -1.64. The average molecular weight is 314 g/mol. The van der Waals surface area contributed by atoms with E-state index >= 15 is 0 Å². The van der Waals surface area contributed by atoms with Crippen LogP contribution in [0.25, 0.3) is 0 Å². The van der Waals surface area contributed by atoms with Gasteiger partial charge >= 0.3 is 0 Å². The van der Waals surface area contributed by atoms with Gasteiger partial charge in [0.1, 0.15) is 4.90 Å². The van der Waals surface area contributed by atoms with E-state index in [9.17, 15) is 8.42 Å². The molecule has 2 heterocycles. The van der Waals surface area contributed by atoms with E-state index in [1.54, 1.807) is 23.0 Å². The Hall–Kier alpha value is -0.920. The molecule has 120 valence electrons. The molecule has 1 aromatic rings. The topological polar surface area (TPSA) is 67.2 Å². The Morgan fingerprint density at radius 3 is 2.38 bits per heavy atom. The third-order valence-electron chi connectivity index (χ3n) is 4.18. The van der Waals surface area contributed by atoms with Crippen LogP contribution in [0.4, 0.5) is 0 Å². The molecule has 1 saturated heterocycles. The van der Waals surface area contributed by atoms with Crippen molar-refractivity contribution >= 4 is 10.0 Å². The van der Waals surface area contributed by atoms with Crippen LogP contribution in [0.1, 0.15) is 37.6 Å². The van der Waals surface area contributed by atoms with Gasteiger partial charge in [0.2, 0.25) is 10.0 Å². The first-order chi connectivity index (χ1) is 9.87. The van der Waals surface area contributed by atoms with Gasteiger partial charge < -0.3 is 5.32 Å². The van der Waals surface area contributed by atoms with Crippen LogP contribution in [0.3, 0.4) is 0 Å². The molecule has 1 aromatic heterocycles. The molecule has 0 unspecified atom stereocenters. The number of rotatable bonds is 5. The molecule has 1 aliphatic heterocycles. The van der Waals surface area contributed by atoms with Crippen molar-refractivity contribution in [1.82, 2.24) is 19.4 Å². The van der Waals surface area contributed by atoms with Crippen molar-refractivity contribution in [3.05, 3.63) is 11.4 Å². The van der Waals surface area contributed by atoms with Crippen LogP contribution in [0, 0.1) is 13.8 Å². The molecule has 0 bridgehead atoms. The van der Waals surface area contributed by atoms with Crippen molar-refractivity contribution < 1.29 is 8.42 Å². The Morgan fingerprint density at radius 1 is 1.29 bits per heavy atom. The molecule has 6 nitrogen and oxygen atoms in total. The van der Waals surface area contributed by atoms with E-state index in [2.05, 4.69) is 17.3 Å². The molecule has 0 saturated carbocycles. The fourth-order valence-electron chi connectivity index (χ4n) is 2.91. The number of sulfonamides is 1. The molecule has 0 aliphatic carbocycles. The van der Waals surface area contributed by atoms with Crippen molar-refractivity contribution in [2.45, 2.75) is 51.0 Å². The highest BCUT2D eigenvalue weighted by atomic mass is 32.2. The quantitative estimate of drug-likeness (QED) is 0.886. The van der Waals surface area contributed by atoms with Gasteiger partial charge in [-0.05, 0) is 39.7 Å². The summed E-state index contributed by atoms with van der Waals surface area (Å²) in [6.45, 7) is 7.87. The van der Waals surface area contributed by atoms with Crippen molar-refractivity contribution in [1.29, 1.82) is 0 Å². The Labute approximate surface area is 127 Å². The van der Waals surface area contributed by atoms with Crippen molar-refractivity contribution in [2.75, 3.05) is 19.6 Å². The minimum atomic E-state index is -3.42. The first-order valence-electron chi connectivity index (χ1n) is 7.61. The van der Waals surface area contributed by atoms with Gasteiger partial charge in [0, 0.05) is 26.2 Å². The van der Waals surface area contributed by atoms with Crippen LogP contribution in [-0.4, -0.2) is 48.2 Å². The monoisotopic (exact) mass is 314 g/mol. The molecule has 0 radical (unpaired) electrons. The first kappa shape index (κ1) is 16.5. The maximum Gasteiger partial charge on any atom is 0.246 e. The number of hydrogen-bond donors (Lipinski definition) is 1. The van der Waals surface area contributed by atoms with E-state index in [1.807, 2.05) is 6.92 Å². The van der Waals surface area contributed by atoms with Crippen LogP contribution >= 0.6 is 0 Å². The van der Waals surface area contributed by atoms with Gasteiger partial charge in [-0.3, -0.25) is 4.68 Å². The molecule has 1 N–H and O–H groups in total. The maximum absolute atomic E-state index is 12.8. The molecule has 0 spiro atoms. The molecule has 2 rings (SSSR count). The maximum atomic E-state index is 12.8. The largest absolute Gasteiger partial charge is 0.314 e. The highest BCUT2D eigenvalue weighted by Gasteiger charge is 2.33. The number of aromatic nitrogens is 2. The summed E-state index contributed by atoms with van der Waals surface area (Å²) in [4.78, 5) is 0.380. The number of piperidine rings is 1. The van der Waals surface area contributed by atoms with E-state index < -0.39 is 10.0 Å². The molecule has 7 heteroatoms. The van der Waals surface area contributed by atoms with E-state index in [0.717, 1.165) is 25.8 Å².